The van der Waals surface area contributed by atoms with Gasteiger partial charge in [-0.15, -0.1) is 12.4 Å². The highest BCUT2D eigenvalue weighted by molar-refractivity contribution is 5.85. The van der Waals surface area contributed by atoms with Crippen molar-refractivity contribution in [3.63, 3.8) is 0 Å². The maximum Gasteiger partial charge on any atom is 0.231 e. The third-order valence-electron chi connectivity index (χ3n) is 4.04. The molecule has 0 aliphatic carbocycles. The Morgan fingerprint density at radius 1 is 0.952 bits per heavy atom. The third-order valence-corrected chi connectivity index (χ3v) is 4.04. The van der Waals surface area contributed by atoms with Gasteiger partial charge in [0.05, 0.1) is 0 Å². The van der Waals surface area contributed by atoms with Gasteiger partial charge in [-0.05, 0) is 35.2 Å². The summed E-state index contributed by atoms with van der Waals surface area (Å²) in [5, 5.41) is 0. The zero-order chi connectivity index (χ0) is 13.4. The number of fused-ring (bicyclic) bond motifs is 2. The van der Waals surface area contributed by atoms with Gasteiger partial charge in [-0.2, -0.15) is 0 Å². The third kappa shape index (κ3) is 2.85. The average molecular weight is 304 g/mol. The Labute approximate surface area is 130 Å². The second-order valence-corrected chi connectivity index (χ2v) is 5.42. The molecule has 2 aromatic rings. The summed E-state index contributed by atoms with van der Waals surface area (Å²) in [6.45, 7) is 3.45. The van der Waals surface area contributed by atoms with Gasteiger partial charge in [0.1, 0.15) is 0 Å². The first-order valence-corrected chi connectivity index (χ1v) is 7.06. The van der Waals surface area contributed by atoms with Crippen molar-refractivity contribution in [3.8, 4) is 11.5 Å². The van der Waals surface area contributed by atoms with Crippen molar-refractivity contribution in [2.24, 2.45) is 0 Å². The molecule has 0 N–H and O–H groups in total. The van der Waals surface area contributed by atoms with Crippen molar-refractivity contribution < 1.29 is 9.47 Å². The summed E-state index contributed by atoms with van der Waals surface area (Å²) in [7, 11) is 0. The van der Waals surface area contributed by atoms with E-state index in [0.29, 0.717) is 6.79 Å². The standard InChI is InChI=1S/C17H17NO2.ClH/c1-2-4-13(5-3-1)10-18-7-6-14-8-16-17(20-12-19-16)9-15(14)11-18;/h1-5,8-9H,6-7,10-12H2;1H. The Kier molecular flexibility index (Phi) is 4.04. The molecule has 4 heteroatoms. The zero-order valence-electron chi connectivity index (χ0n) is 11.7. The van der Waals surface area contributed by atoms with E-state index in [1.807, 2.05) is 0 Å². The maximum atomic E-state index is 5.48. The van der Waals surface area contributed by atoms with E-state index in [2.05, 4.69) is 47.4 Å². The van der Waals surface area contributed by atoms with Crippen LogP contribution in [0.2, 0.25) is 0 Å². The van der Waals surface area contributed by atoms with E-state index >= 15 is 0 Å². The van der Waals surface area contributed by atoms with Crippen molar-refractivity contribution in [1.29, 1.82) is 0 Å². The van der Waals surface area contributed by atoms with E-state index in [1.54, 1.807) is 0 Å². The molecule has 2 heterocycles. The van der Waals surface area contributed by atoms with Gasteiger partial charge in [0.15, 0.2) is 11.5 Å². The minimum atomic E-state index is 0. The Bertz CT molecular complexity index is 630. The average Bonchev–Trinajstić information content (AvgIpc) is 2.93. The Balaban J connectivity index is 0.00000132. The molecule has 0 aromatic heterocycles. The van der Waals surface area contributed by atoms with Crippen LogP contribution in [0.4, 0.5) is 0 Å². The predicted octanol–water partition coefficient (Wildman–Crippen LogP) is 3.40. The zero-order valence-corrected chi connectivity index (χ0v) is 12.6. The molecule has 0 fully saturated rings. The van der Waals surface area contributed by atoms with E-state index in [4.69, 9.17) is 9.47 Å². The van der Waals surface area contributed by atoms with Gasteiger partial charge in [0.25, 0.3) is 0 Å². The van der Waals surface area contributed by atoms with Crippen molar-refractivity contribution in [2.45, 2.75) is 19.5 Å². The molecule has 0 spiro atoms. The summed E-state index contributed by atoms with van der Waals surface area (Å²) in [5.74, 6) is 1.80. The fraction of sp³-hybridized carbons (Fsp3) is 0.294. The Morgan fingerprint density at radius 3 is 2.43 bits per heavy atom. The molecule has 2 aliphatic rings. The molecular formula is C17H18ClNO2. The minimum Gasteiger partial charge on any atom is -0.454 e. The van der Waals surface area contributed by atoms with Gasteiger partial charge >= 0.3 is 0 Å². The summed E-state index contributed by atoms with van der Waals surface area (Å²) in [6.07, 6.45) is 1.08. The van der Waals surface area contributed by atoms with Crippen molar-refractivity contribution >= 4 is 12.4 Å². The number of nitrogens with zero attached hydrogens (tertiary/aromatic N) is 1. The van der Waals surface area contributed by atoms with Crippen LogP contribution in [0, 0.1) is 0 Å². The summed E-state index contributed by atoms with van der Waals surface area (Å²) in [6, 6.07) is 14.9. The molecular weight excluding hydrogens is 286 g/mol. The number of halogens is 1. The van der Waals surface area contributed by atoms with Gasteiger partial charge in [-0.1, -0.05) is 30.3 Å². The molecule has 0 bridgehead atoms. The van der Waals surface area contributed by atoms with Gasteiger partial charge < -0.3 is 9.47 Å². The molecule has 0 unspecified atom stereocenters. The maximum absolute atomic E-state index is 5.48. The fourth-order valence-electron chi connectivity index (χ4n) is 2.98. The predicted molar refractivity (Wildman–Crippen MR) is 84.1 cm³/mol. The van der Waals surface area contributed by atoms with Gasteiger partial charge in [-0.25, -0.2) is 0 Å². The second-order valence-electron chi connectivity index (χ2n) is 5.42. The smallest absolute Gasteiger partial charge is 0.231 e. The molecule has 0 radical (unpaired) electrons. The van der Waals surface area contributed by atoms with E-state index < -0.39 is 0 Å². The van der Waals surface area contributed by atoms with Gasteiger partial charge in [0, 0.05) is 19.6 Å². The first-order valence-electron chi connectivity index (χ1n) is 7.06. The quantitative estimate of drug-likeness (QED) is 0.849. The molecule has 0 amide bonds. The van der Waals surface area contributed by atoms with Gasteiger partial charge in [-0.3, -0.25) is 4.90 Å². The molecule has 4 rings (SSSR count). The summed E-state index contributed by atoms with van der Waals surface area (Å²) < 4.78 is 10.9. The fourth-order valence-corrected chi connectivity index (χ4v) is 2.98. The number of benzene rings is 2. The van der Waals surface area contributed by atoms with Crippen LogP contribution >= 0.6 is 12.4 Å². The minimum absolute atomic E-state index is 0. The highest BCUT2D eigenvalue weighted by Gasteiger charge is 2.22. The van der Waals surface area contributed by atoms with Crippen LogP contribution < -0.4 is 9.47 Å². The van der Waals surface area contributed by atoms with Crippen molar-refractivity contribution in [2.75, 3.05) is 13.3 Å². The lowest BCUT2D eigenvalue weighted by Crippen LogP contribution is -2.29. The lowest BCUT2D eigenvalue weighted by molar-refractivity contribution is 0.174. The lowest BCUT2D eigenvalue weighted by atomic mass is 9.98. The number of rotatable bonds is 2. The van der Waals surface area contributed by atoms with Crippen LogP contribution in [0.15, 0.2) is 42.5 Å². The lowest BCUT2D eigenvalue weighted by Gasteiger charge is -2.29. The van der Waals surface area contributed by atoms with E-state index in [-0.39, 0.29) is 12.4 Å². The molecule has 0 saturated heterocycles. The van der Waals surface area contributed by atoms with Crippen LogP contribution in [0.1, 0.15) is 16.7 Å². The van der Waals surface area contributed by atoms with E-state index in [9.17, 15) is 0 Å². The summed E-state index contributed by atoms with van der Waals surface area (Å²) in [4.78, 5) is 2.49. The molecule has 21 heavy (non-hydrogen) atoms. The van der Waals surface area contributed by atoms with Crippen molar-refractivity contribution in [1.82, 2.24) is 4.90 Å². The Hall–Kier alpha value is -1.71. The van der Waals surface area contributed by atoms with E-state index in [0.717, 1.165) is 37.6 Å². The largest absolute Gasteiger partial charge is 0.454 e. The highest BCUT2D eigenvalue weighted by atomic mass is 35.5. The monoisotopic (exact) mass is 303 g/mol. The van der Waals surface area contributed by atoms with Crippen LogP contribution in [-0.4, -0.2) is 18.2 Å². The second kappa shape index (κ2) is 5.96. The molecule has 2 aromatic carbocycles. The van der Waals surface area contributed by atoms with Crippen LogP contribution in [0.3, 0.4) is 0 Å². The summed E-state index contributed by atoms with van der Waals surface area (Å²) >= 11 is 0. The number of hydrogen-bond acceptors (Lipinski definition) is 3. The number of ether oxygens (including phenoxy) is 2. The SMILES string of the molecule is Cl.c1ccc(CN2CCc3cc4c(cc3C2)OCO4)cc1. The van der Waals surface area contributed by atoms with E-state index in [1.165, 1.54) is 16.7 Å². The summed E-state index contributed by atoms with van der Waals surface area (Å²) in [5.41, 5.74) is 4.15. The molecule has 3 nitrogen and oxygen atoms in total. The number of hydrogen-bond donors (Lipinski definition) is 0. The molecule has 0 saturated carbocycles. The van der Waals surface area contributed by atoms with Crippen molar-refractivity contribution in [3.05, 3.63) is 59.2 Å². The van der Waals surface area contributed by atoms with Crippen LogP contribution in [0.5, 0.6) is 11.5 Å². The normalized spacial score (nSPS) is 16.2. The Morgan fingerprint density at radius 2 is 1.67 bits per heavy atom. The highest BCUT2D eigenvalue weighted by Crippen LogP contribution is 2.36. The first-order chi connectivity index (χ1) is 9.88. The van der Waals surface area contributed by atoms with Gasteiger partial charge in [0.2, 0.25) is 6.79 Å². The topological polar surface area (TPSA) is 21.7 Å². The van der Waals surface area contributed by atoms with Crippen LogP contribution in [0.25, 0.3) is 0 Å². The first kappa shape index (κ1) is 14.2. The molecule has 0 atom stereocenters. The van der Waals surface area contributed by atoms with Crippen LogP contribution in [-0.2, 0) is 19.5 Å². The molecule has 110 valence electrons. The molecule has 2 aliphatic heterocycles.